The van der Waals surface area contributed by atoms with Gasteiger partial charge in [0.2, 0.25) is 5.91 Å². The molecule has 1 saturated heterocycles. The highest BCUT2D eigenvalue weighted by Crippen LogP contribution is 2.27. The standard InChI is InChI=1S/C20H31N3O2/c1-16-7-4-11-19(24)23(16)14-6-12-21-20(25)17-8-5-13-22(15-17)18-9-2-3-10-18/h4,7,11,17-18H,2-3,5-6,8-10,12-15H2,1H3,(H,21,25)/t17-/m0/s1. The number of nitrogens with one attached hydrogen (secondary N) is 1. The molecule has 2 fully saturated rings. The Morgan fingerprint density at radius 1 is 1.20 bits per heavy atom. The maximum atomic E-state index is 12.5. The van der Waals surface area contributed by atoms with Crippen LogP contribution in [-0.4, -0.2) is 41.1 Å². The molecule has 0 aromatic carbocycles. The molecular formula is C20H31N3O2. The van der Waals surface area contributed by atoms with Gasteiger partial charge in [-0.05, 0) is 51.6 Å². The van der Waals surface area contributed by atoms with Crippen LogP contribution < -0.4 is 10.9 Å². The van der Waals surface area contributed by atoms with E-state index in [2.05, 4.69) is 10.2 Å². The van der Waals surface area contributed by atoms with Crippen LogP contribution in [0.4, 0.5) is 0 Å². The molecule has 138 valence electrons. The zero-order valence-corrected chi connectivity index (χ0v) is 15.4. The average Bonchev–Trinajstić information content (AvgIpc) is 3.15. The van der Waals surface area contributed by atoms with Gasteiger partial charge < -0.3 is 9.88 Å². The molecule has 0 radical (unpaired) electrons. The molecule has 0 bridgehead atoms. The van der Waals surface area contributed by atoms with Crippen molar-refractivity contribution >= 4 is 5.91 Å². The number of piperidine rings is 1. The minimum Gasteiger partial charge on any atom is -0.356 e. The zero-order chi connectivity index (χ0) is 17.6. The van der Waals surface area contributed by atoms with Crippen molar-refractivity contribution in [3.8, 4) is 0 Å². The second kappa shape index (κ2) is 8.65. The van der Waals surface area contributed by atoms with Crippen LogP contribution in [0, 0.1) is 12.8 Å². The summed E-state index contributed by atoms with van der Waals surface area (Å²) < 4.78 is 1.77. The molecule has 25 heavy (non-hydrogen) atoms. The molecule has 2 heterocycles. The Labute approximate surface area is 150 Å². The number of hydrogen-bond donors (Lipinski definition) is 1. The van der Waals surface area contributed by atoms with Gasteiger partial charge in [-0.1, -0.05) is 18.9 Å². The molecule has 3 rings (SSSR count). The predicted octanol–water partition coefficient (Wildman–Crippen LogP) is 2.32. The molecule has 1 saturated carbocycles. The molecular weight excluding hydrogens is 314 g/mol. The number of carbonyl (C=O) groups excluding carboxylic acids is 1. The van der Waals surface area contributed by atoms with E-state index in [-0.39, 0.29) is 17.4 Å². The third kappa shape index (κ3) is 4.72. The van der Waals surface area contributed by atoms with Crippen molar-refractivity contribution in [2.75, 3.05) is 19.6 Å². The maximum absolute atomic E-state index is 12.5. The predicted molar refractivity (Wildman–Crippen MR) is 99.6 cm³/mol. The Bertz CT molecular complexity index is 634. The zero-order valence-electron chi connectivity index (χ0n) is 15.4. The van der Waals surface area contributed by atoms with Crippen LogP contribution in [0.1, 0.15) is 50.6 Å². The van der Waals surface area contributed by atoms with Crippen LogP contribution in [0.5, 0.6) is 0 Å². The molecule has 2 aliphatic rings. The van der Waals surface area contributed by atoms with Gasteiger partial charge in [0.05, 0.1) is 5.92 Å². The number of amides is 1. The van der Waals surface area contributed by atoms with Gasteiger partial charge >= 0.3 is 0 Å². The number of hydrogen-bond acceptors (Lipinski definition) is 3. The highest BCUT2D eigenvalue weighted by atomic mass is 16.2. The molecule has 0 unspecified atom stereocenters. The lowest BCUT2D eigenvalue weighted by Gasteiger charge is -2.36. The number of carbonyl (C=O) groups is 1. The van der Waals surface area contributed by atoms with Crippen LogP contribution in [0.2, 0.25) is 0 Å². The second-order valence-corrected chi connectivity index (χ2v) is 7.57. The average molecular weight is 345 g/mol. The quantitative estimate of drug-likeness (QED) is 0.805. The minimum atomic E-state index is 0.0332. The summed E-state index contributed by atoms with van der Waals surface area (Å²) in [6, 6.07) is 6.03. The summed E-state index contributed by atoms with van der Waals surface area (Å²) in [4.78, 5) is 26.9. The van der Waals surface area contributed by atoms with Crippen molar-refractivity contribution in [1.82, 2.24) is 14.8 Å². The fraction of sp³-hybridized carbons (Fsp3) is 0.700. The highest BCUT2D eigenvalue weighted by Gasteiger charge is 2.30. The minimum absolute atomic E-state index is 0.0332. The molecule has 1 aromatic rings. The van der Waals surface area contributed by atoms with Crippen molar-refractivity contribution in [3.05, 3.63) is 34.2 Å². The molecule has 5 nitrogen and oxygen atoms in total. The monoisotopic (exact) mass is 345 g/mol. The van der Waals surface area contributed by atoms with E-state index < -0.39 is 0 Å². The lowest BCUT2D eigenvalue weighted by Crippen LogP contribution is -2.46. The van der Waals surface area contributed by atoms with Crippen LogP contribution in [0.25, 0.3) is 0 Å². The van der Waals surface area contributed by atoms with E-state index in [1.807, 2.05) is 13.0 Å². The van der Waals surface area contributed by atoms with Gasteiger partial charge in [0.25, 0.3) is 5.56 Å². The molecule has 1 amide bonds. The van der Waals surface area contributed by atoms with Gasteiger partial charge in [-0.25, -0.2) is 0 Å². The summed E-state index contributed by atoms with van der Waals surface area (Å²) >= 11 is 0. The molecule has 1 N–H and O–H groups in total. The highest BCUT2D eigenvalue weighted by molar-refractivity contribution is 5.78. The lowest BCUT2D eigenvalue weighted by atomic mass is 9.95. The third-order valence-electron chi connectivity index (χ3n) is 5.79. The van der Waals surface area contributed by atoms with Gasteiger partial charge in [0, 0.05) is 37.4 Å². The Hall–Kier alpha value is -1.62. The van der Waals surface area contributed by atoms with E-state index in [1.165, 1.54) is 25.7 Å². The number of pyridine rings is 1. The summed E-state index contributed by atoms with van der Waals surface area (Å²) in [5, 5.41) is 3.09. The van der Waals surface area contributed by atoms with E-state index in [9.17, 15) is 9.59 Å². The lowest BCUT2D eigenvalue weighted by molar-refractivity contribution is -0.127. The summed E-state index contributed by atoms with van der Waals surface area (Å²) in [7, 11) is 0. The first-order chi connectivity index (χ1) is 12.1. The van der Waals surface area contributed by atoms with E-state index in [0.717, 1.165) is 38.0 Å². The molecule has 1 aliphatic carbocycles. The normalized spacial score (nSPS) is 22.2. The number of aromatic nitrogens is 1. The van der Waals surface area contributed by atoms with E-state index >= 15 is 0 Å². The summed E-state index contributed by atoms with van der Waals surface area (Å²) in [5.41, 5.74) is 1.00. The van der Waals surface area contributed by atoms with Crippen molar-refractivity contribution in [1.29, 1.82) is 0 Å². The fourth-order valence-electron chi connectivity index (χ4n) is 4.32. The van der Waals surface area contributed by atoms with Gasteiger partial charge in [-0.15, -0.1) is 0 Å². The molecule has 5 heteroatoms. The molecule has 1 aliphatic heterocycles. The van der Waals surface area contributed by atoms with Gasteiger partial charge in [0.1, 0.15) is 0 Å². The van der Waals surface area contributed by atoms with Crippen molar-refractivity contribution in [3.63, 3.8) is 0 Å². The van der Waals surface area contributed by atoms with E-state index in [4.69, 9.17) is 0 Å². The first-order valence-electron chi connectivity index (χ1n) is 9.83. The van der Waals surface area contributed by atoms with Crippen molar-refractivity contribution in [2.45, 2.75) is 64.5 Å². The summed E-state index contributed by atoms with van der Waals surface area (Å²) in [6.45, 7) is 5.32. The fourth-order valence-corrected chi connectivity index (χ4v) is 4.32. The van der Waals surface area contributed by atoms with Crippen LogP contribution in [0.3, 0.4) is 0 Å². The maximum Gasteiger partial charge on any atom is 0.250 e. The SMILES string of the molecule is Cc1cccc(=O)n1CCCNC(=O)[C@H]1CCCN(C2CCCC2)C1. The van der Waals surface area contributed by atoms with Gasteiger partial charge in [-0.3, -0.25) is 14.5 Å². The summed E-state index contributed by atoms with van der Waals surface area (Å²) in [6.07, 6.45) is 8.22. The number of likely N-dealkylation sites (tertiary alicyclic amines) is 1. The largest absolute Gasteiger partial charge is 0.356 e. The Kier molecular flexibility index (Phi) is 6.29. The molecule has 0 spiro atoms. The first-order valence-corrected chi connectivity index (χ1v) is 9.83. The van der Waals surface area contributed by atoms with Gasteiger partial charge in [-0.2, -0.15) is 0 Å². The Balaban J connectivity index is 1.42. The first kappa shape index (κ1) is 18.2. The molecule has 1 aromatic heterocycles. The number of nitrogens with zero attached hydrogens (tertiary/aromatic N) is 2. The van der Waals surface area contributed by atoms with E-state index in [1.54, 1.807) is 16.7 Å². The van der Waals surface area contributed by atoms with Crippen LogP contribution >= 0.6 is 0 Å². The number of aryl methyl sites for hydroxylation is 1. The molecule has 1 atom stereocenters. The van der Waals surface area contributed by atoms with Crippen molar-refractivity contribution < 1.29 is 4.79 Å². The topological polar surface area (TPSA) is 54.3 Å². The third-order valence-corrected chi connectivity index (χ3v) is 5.79. The number of rotatable bonds is 6. The summed E-state index contributed by atoms with van der Waals surface area (Å²) in [5.74, 6) is 0.329. The van der Waals surface area contributed by atoms with Crippen molar-refractivity contribution in [2.24, 2.45) is 5.92 Å². The Morgan fingerprint density at radius 2 is 2.00 bits per heavy atom. The Morgan fingerprint density at radius 3 is 2.76 bits per heavy atom. The van der Waals surface area contributed by atoms with E-state index in [0.29, 0.717) is 19.1 Å². The smallest absolute Gasteiger partial charge is 0.250 e. The van der Waals surface area contributed by atoms with Gasteiger partial charge in [0.15, 0.2) is 0 Å². The van der Waals surface area contributed by atoms with Crippen LogP contribution in [0.15, 0.2) is 23.0 Å². The van der Waals surface area contributed by atoms with Crippen LogP contribution in [-0.2, 0) is 11.3 Å². The second-order valence-electron chi connectivity index (χ2n) is 7.57.